The molecule has 9 nitrogen and oxygen atoms in total. The smallest absolute Gasteiger partial charge is 0.308 e. The third-order valence-electron chi connectivity index (χ3n) is 5.89. The van der Waals surface area contributed by atoms with Gasteiger partial charge in [0, 0.05) is 39.9 Å². The third kappa shape index (κ3) is 9.89. The van der Waals surface area contributed by atoms with Crippen molar-refractivity contribution in [3.63, 3.8) is 0 Å². The van der Waals surface area contributed by atoms with Crippen molar-refractivity contribution in [2.45, 2.75) is 52.4 Å². The molecule has 0 aliphatic heterocycles. The number of nitrogens with zero attached hydrogens (tertiary/aromatic N) is 3. The van der Waals surface area contributed by atoms with Crippen molar-refractivity contribution in [1.29, 1.82) is 0 Å². The Morgan fingerprint density at radius 3 is 1.62 bits per heavy atom. The van der Waals surface area contributed by atoms with Gasteiger partial charge in [0.15, 0.2) is 12.2 Å². The van der Waals surface area contributed by atoms with E-state index in [0.29, 0.717) is 23.6 Å². The van der Waals surface area contributed by atoms with Crippen molar-refractivity contribution in [1.82, 2.24) is 14.9 Å². The van der Waals surface area contributed by atoms with E-state index < -0.39 is 30.1 Å². The first-order valence-electron chi connectivity index (χ1n) is 12.6. The van der Waals surface area contributed by atoms with Crippen molar-refractivity contribution in [2.75, 3.05) is 13.1 Å². The Hall–Kier alpha value is -3.53. The van der Waals surface area contributed by atoms with Crippen LogP contribution in [-0.4, -0.2) is 51.9 Å². The van der Waals surface area contributed by atoms with Gasteiger partial charge in [-0.3, -0.25) is 19.3 Å². The fourth-order valence-electron chi connectivity index (χ4n) is 4.18. The number of rotatable bonds is 12. The molecule has 2 heterocycles. The first kappa shape index (κ1) is 31.0. The van der Waals surface area contributed by atoms with Crippen molar-refractivity contribution in [3.05, 3.63) is 87.9 Å². The number of pyridine rings is 2. The lowest BCUT2D eigenvalue weighted by atomic mass is 10.0. The van der Waals surface area contributed by atoms with Gasteiger partial charge in [0.05, 0.1) is 11.4 Å². The number of esters is 3. The molecule has 0 amide bonds. The summed E-state index contributed by atoms with van der Waals surface area (Å²) in [6, 6.07) is 17.3. The molecule has 0 aliphatic carbocycles. The maximum absolute atomic E-state index is 12.1. The molecule has 0 N–H and O–H groups in total. The van der Waals surface area contributed by atoms with Crippen LogP contribution >= 0.6 is 23.2 Å². The molecule has 0 bridgehead atoms. The predicted octanol–water partition coefficient (Wildman–Crippen LogP) is 5.55. The largest absolute Gasteiger partial charge is 0.455 e. The molecule has 11 heteroatoms. The van der Waals surface area contributed by atoms with Crippen LogP contribution in [0.5, 0.6) is 5.75 Å². The summed E-state index contributed by atoms with van der Waals surface area (Å²) in [5, 5.41) is 0.533. The molecule has 0 saturated carbocycles. The molecule has 0 fully saturated rings. The van der Waals surface area contributed by atoms with Gasteiger partial charge in [-0.1, -0.05) is 47.5 Å². The summed E-state index contributed by atoms with van der Waals surface area (Å²) in [6.45, 7) is 6.44. The molecule has 3 atom stereocenters. The molecule has 40 heavy (non-hydrogen) atoms. The van der Waals surface area contributed by atoms with Gasteiger partial charge in [-0.15, -0.1) is 0 Å². The highest BCUT2D eigenvalue weighted by Gasteiger charge is 2.29. The fraction of sp³-hybridized carbons (Fsp3) is 0.345. The van der Waals surface area contributed by atoms with Gasteiger partial charge in [0.1, 0.15) is 16.1 Å². The molecule has 0 radical (unpaired) electrons. The van der Waals surface area contributed by atoms with E-state index in [-0.39, 0.29) is 29.4 Å². The lowest BCUT2D eigenvalue weighted by Crippen LogP contribution is -2.42. The van der Waals surface area contributed by atoms with Crippen LogP contribution in [-0.2, 0) is 30.3 Å². The van der Waals surface area contributed by atoms with Crippen molar-refractivity contribution in [2.24, 2.45) is 0 Å². The van der Waals surface area contributed by atoms with Gasteiger partial charge in [0.2, 0.25) is 0 Å². The van der Waals surface area contributed by atoms with E-state index in [1.807, 2.05) is 24.0 Å². The van der Waals surface area contributed by atoms with Gasteiger partial charge in [-0.2, -0.15) is 0 Å². The van der Waals surface area contributed by atoms with Gasteiger partial charge in [-0.05, 0) is 55.3 Å². The summed E-state index contributed by atoms with van der Waals surface area (Å²) in [7, 11) is 0. The third-order valence-corrected chi connectivity index (χ3v) is 6.31. The molecule has 3 rings (SSSR count). The zero-order chi connectivity index (χ0) is 29.2. The average Bonchev–Trinajstić information content (AvgIpc) is 2.87. The monoisotopic (exact) mass is 587 g/mol. The number of ether oxygens (including phenoxy) is 3. The molecule has 212 valence electrons. The normalized spacial score (nSPS) is 13.3. The van der Waals surface area contributed by atoms with Crippen LogP contribution in [0, 0.1) is 0 Å². The Kier molecular flexibility index (Phi) is 11.4. The molecule has 3 aromatic rings. The first-order valence-corrected chi connectivity index (χ1v) is 13.4. The number of benzene rings is 1. The fourth-order valence-corrected chi connectivity index (χ4v) is 4.52. The van der Waals surface area contributed by atoms with Gasteiger partial charge < -0.3 is 14.2 Å². The number of hydrogen-bond acceptors (Lipinski definition) is 9. The average molecular weight is 588 g/mol. The number of aromatic nitrogens is 2. The molecule has 0 aliphatic rings. The number of hydrogen-bond donors (Lipinski definition) is 0. The minimum absolute atomic E-state index is 0.144. The van der Waals surface area contributed by atoms with Crippen LogP contribution in [0.3, 0.4) is 0 Å². The second kappa shape index (κ2) is 14.7. The van der Waals surface area contributed by atoms with E-state index >= 15 is 0 Å². The Balaban J connectivity index is 1.94. The highest BCUT2D eigenvalue weighted by atomic mass is 35.5. The van der Waals surface area contributed by atoms with Gasteiger partial charge in [0.25, 0.3) is 0 Å². The summed E-state index contributed by atoms with van der Waals surface area (Å²) in [5.41, 5.74) is 1.94. The maximum Gasteiger partial charge on any atom is 0.308 e. The predicted molar refractivity (Wildman–Crippen MR) is 150 cm³/mol. The zero-order valence-electron chi connectivity index (χ0n) is 22.7. The van der Waals surface area contributed by atoms with Crippen LogP contribution in [0.2, 0.25) is 10.3 Å². The van der Waals surface area contributed by atoms with E-state index in [9.17, 15) is 14.4 Å². The maximum atomic E-state index is 12.1. The lowest BCUT2D eigenvalue weighted by Gasteiger charge is -2.34. The van der Waals surface area contributed by atoms with Crippen molar-refractivity contribution in [3.8, 4) is 5.75 Å². The van der Waals surface area contributed by atoms with Crippen LogP contribution in [0.25, 0.3) is 0 Å². The van der Waals surface area contributed by atoms with Crippen LogP contribution in [0.15, 0.2) is 60.7 Å². The molecule has 1 aromatic carbocycles. The van der Waals surface area contributed by atoms with E-state index in [2.05, 4.69) is 9.97 Å². The molecule has 2 aromatic heterocycles. The van der Waals surface area contributed by atoms with Crippen LogP contribution in [0.4, 0.5) is 0 Å². The summed E-state index contributed by atoms with van der Waals surface area (Å²) < 4.78 is 16.5. The number of carbonyl (C=O) groups is 3. The summed E-state index contributed by atoms with van der Waals surface area (Å²) in [4.78, 5) is 46.1. The van der Waals surface area contributed by atoms with E-state index in [1.165, 1.54) is 20.8 Å². The van der Waals surface area contributed by atoms with Gasteiger partial charge in [-0.25, -0.2) is 9.97 Å². The standard InChI is InChI=1S/C29H31Cl2N3O6/c1-18(15-22-11-13-23(14-12-22)38-19(2)35)34(16-26(39-20(3)36)24-7-5-9-28(30)32-24)17-27(40-21(4)37)25-8-6-10-29(31)33-25/h5-14,18,26-27H,15-17H2,1-4H3/t18-,26?,27?/m1/s1. The Morgan fingerprint density at radius 1 is 0.750 bits per heavy atom. The second-order valence-corrected chi connectivity index (χ2v) is 9.99. The van der Waals surface area contributed by atoms with Crippen LogP contribution < -0.4 is 4.74 Å². The summed E-state index contributed by atoms with van der Waals surface area (Å²) in [5.74, 6) is -0.906. The highest BCUT2D eigenvalue weighted by molar-refractivity contribution is 6.29. The number of halogens is 2. The van der Waals surface area contributed by atoms with Gasteiger partial charge >= 0.3 is 17.9 Å². The quantitative estimate of drug-likeness (QED) is 0.153. The summed E-state index contributed by atoms with van der Waals surface area (Å²) in [6.07, 6.45) is -0.933. The minimum Gasteiger partial charge on any atom is -0.455 e. The first-order chi connectivity index (χ1) is 19.0. The molecular formula is C29H31Cl2N3O6. The Labute approximate surface area is 243 Å². The second-order valence-electron chi connectivity index (χ2n) is 9.21. The molecular weight excluding hydrogens is 557 g/mol. The van der Waals surface area contributed by atoms with Crippen molar-refractivity contribution < 1.29 is 28.6 Å². The van der Waals surface area contributed by atoms with E-state index in [0.717, 1.165) is 5.56 Å². The zero-order valence-corrected chi connectivity index (χ0v) is 24.2. The topological polar surface area (TPSA) is 108 Å². The molecule has 2 unspecified atom stereocenters. The lowest BCUT2D eigenvalue weighted by molar-refractivity contribution is -0.150. The van der Waals surface area contributed by atoms with E-state index in [4.69, 9.17) is 37.4 Å². The van der Waals surface area contributed by atoms with Crippen molar-refractivity contribution >= 4 is 41.1 Å². The number of carbonyl (C=O) groups excluding carboxylic acids is 3. The Morgan fingerprint density at radius 2 is 1.23 bits per heavy atom. The summed E-state index contributed by atoms with van der Waals surface area (Å²) >= 11 is 12.3. The molecule has 0 spiro atoms. The highest BCUT2D eigenvalue weighted by Crippen LogP contribution is 2.26. The Bertz CT molecular complexity index is 1250. The SMILES string of the molecule is CC(=O)Oc1ccc(C[C@@H](C)N(CC(OC(C)=O)c2cccc(Cl)n2)CC(OC(C)=O)c2cccc(Cl)n2)cc1. The minimum atomic E-state index is -0.754. The molecule has 0 saturated heterocycles. The van der Waals surface area contributed by atoms with E-state index in [1.54, 1.807) is 48.5 Å². The van der Waals surface area contributed by atoms with Crippen LogP contribution in [0.1, 0.15) is 56.9 Å².